The van der Waals surface area contributed by atoms with Crippen LogP contribution in [0, 0.1) is 5.41 Å². The lowest BCUT2D eigenvalue weighted by atomic mass is 9.51. The molecule has 0 aromatic heterocycles. The van der Waals surface area contributed by atoms with Crippen molar-refractivity contribution in [3.63, 3.8) is 0 Å². The van der Waals surface area contributed by atoms with Gasteiger partial charge in [-0.1, -0.05) is 33.2 Å². The molecule has 0 aliphatic rings. The van der Waals surface area contributed by atoms with Crippen molar-refractivity contribution in [2.75, 3.05) is 6.67 Å². The summed E-state index contributed by atoms with van der Waals surface area (Å²) in [5.74, 6) is -0.933. The highest BCUT2D eigenvalue weighted by atomic mass is 19.1. The number of hydrogen-bond donors (Lipinski definition) is 2. The Labute approximate surface area is 123 Å². The maximum Gasteiger partial charge on any atom is 0.258 e. The number of hydrogen-bond acceptors (Lipinski definition) is 1. The minimum atomic E-state index is -1.19. The largest absolute Gasteiger partial charge is 0.370 e. The molecule has 0 aromatic carbocycles. The fourth-order valence-corrected chi connectivity index (χ4v) is 2.02. The summed E-state index contributed by atoms with van der Waals surface area (Å²) < 4.78 is 21.4. The normalized spacial score (nSPS) is 16.6. The summed E-state index contributed by atoms with van der Waals surface area (Å²) in [6.45, 7) is 8.15. The molecule has 0 aliphatic heterocycles. The topological polar surface area (TPSA) is 81.5 Å². The Bertz CT molecular complexity index is 442. The highest BCUT2D eigenvalue weighted by Crippen LogP contribution is 2.43. The van der Waals surface area contributed by atoms with E-state index < -0.39 is 23.3 Å². The molecule has 6 heteroatoms. The number of rotatable bonds is 6. The number of carbonyl (C=O) groups is 1. The van der Waals surface area contributed by atoms with Gasteiger partial charge in [0.25, 0.3) is 5.91 Å². The van der Waals surface area contributed by atoms with Gasteiger partial charge in [0.2, 0.25) is 0 Å². The number of alkyl halides is 1. The fraction of sp³-hybridized carbons (Fsp3) is 0.714. The first-order chi connectivity index (χ1) is 9.62. The first kappa shape index (κ1) is 16.7. The Kier molecular flexibility index (Phi) is 5.78. The highest BCUT2D eigenvalue weighted by molar-refractivity contribution is 6.39. The van der Waals surface area contributed by atoms with Gasteiger partial charge in [-0.15, -0.1) is 0 Å². The van der Waals surface area contributed by atoms with Crippen LogP contribution in [0.4, 0.5) is 4.39 Å². The number of amides is 1. The van der Waals surface area contributed by atoms with E-state index in [0.29, 0.717) is 17.6 Å². The quantitative estimate of drug-likeness (QED) is 0.340. The van der Waals surface area contributed by atoms with E-state index in [1.807, 2.05) is 28.0 Å². The lowest BCUT2D eigenvalue weighted by Crippen LogP contribution is -2.34. The van der Waals surface area contributed by atoms with Crippen LogP contribution < -0.4 is 11.5 Å². The van der Waals surface area contributed by atoms with Crippen molar-refractivity contribution >= 4 is 19.1 Å². The molecular weight excluding hydrogens is 256 g/mol. The molecule has 0 fully saturated rings. The third-order valence-electron chi connectivity index (χ3n) is 4.05. The van der Waals surface area contributed by atoms with Gasteiger partial charge in [-0.05, 0) is 31.1 Å². The molecule has 1 atom stereocenters. The van der Waals surface area contributed by atoms with Crippen LogP contribution in [-0.4, -0.2) is 25.8 Å². The van der Waals surface area contributed by atoms with Crippen molar-refractivity contribution in [2.45, 2.75) is 53.2 Å². The summed E-state index contributed by atoms with van der Waals surface area (Å²) in [5.41, 5.74) is 10.4. The Hall–Kier alpha value is -1.33. The third-order valence-corrected chi connectivity index (χ3v) is 4.05. The lowest BCUT2D eigenvalue weighted by Gasteiger charge is -2.34. The summed E-state index contributed by atoms with van der Waals surface area (Å²) in [5, 5.41) is -0.507. The lowest BCUT2D eigenvalue weighted by molar-refractivity contribution is -0.124. The van der Waals surface area contributed by atoms with Gasteiger partial charge in [0, 0.05) is 1.37 Å². The predicted octanol–water partition coefficient (Wildman–Crippen LogP) is 2.44. The first-order valence-electron chi connectivity index (χ1n) is 7.34. The number of allylic oxidation sites excluding steroid dienone is 1. The summed E-state index contributed by atoms with van der Waals surface area (Å²) in [7, 11) is 1.88. The second kappa shape index (κ2) is 6.91. The van der Waals surface area contributed by atoms with E-state index in [2.05, 4.69) is 4.99 Å². The number of guanidine groups is 1. The number of carbonyl (C=O) groups excluding carboxylic acids is 1. The molecule has 0 aromatic rings. The zero-order chi connectivity index (χ0) is 16.8. The maximum absolute atomic E-state index is 13.6. The molecule has 0 rings (SSSR count). The predicted molar refractivity (Wildman–Crippen MR) is 83.5 cm³/mol. The molecule has 0 heterocycles. The van der Waals surface area contributed by atoms with Crippen LogP contribution in [-0.2, 0) is 4.79 Å². The van der Waals surface area contributed by atoms with Crippen molar-refractivity contribution in [3.05, 3.63) is 11.1 Å². The zero-order valence-electron chi connectivity index (χ0n) is 14.1. The Morgan fingerprint density at radius 2 is 2.00 bits per heavy atom. The van der Waals surface area contributed by atoms with Gasteiger partial charge in [-0.3, -0.25) is 4.79 Å². The second-order valence-electron chi connectivity index (χ2n) is 5.53. The van der Waals surface area contributed by atoms with Gasteiger partial charge in [-0.25, -0.2) is 4.39 Å². The second-order valence-corrected chi connectivity index (χ2v) is 5.53. The molecule has 4 nitrogen and oxygen atoms in total. The monoisotopic (exact) mass is 283 g/mol. The summed E-state index contributed by atoms with van der Waals surface area (Å²) in [4.78, 5) is 16.0. The average Bonchev–Trinajstić information content (AvgIpc) is 2.40. The van der Waals surface area contributed by atoms with Gasteiger partial charge < -0.3 is 11.5 Å². The molecular formula is C14H26BFN3O. The summed E-state index contributed by atoms with van der Waals surface area (Å²) in [6, 6.07) is 0. The molecule has 20 heavy (non-hydrogen) atoms. The third kappa shape index (κ3) is 3.84. The van der Waals surface area contributed by atoms with Gasteiger partial charge in [0.05, 0.1) is 5.41 Å². The van der Waals surface area contributed by atoms with Gasteiger partial charge >= 0.3 is 0 Å². The van der Waals surface area contributed by atoms with Gasteiger partial charge in [-0.2, -0.15) is 4.99 Å². The minimum Gasteiger partial charge on any atom is -0.370 e. The fourth-order valence-electron chi connectivity index (χ4n) is 2.02. The van der Waals surface area contributed by atoms with Crippen LogP contribution in [0.15, 0.2) is 16.1 Å². The SMILES string of the molecule is [2H]CC(CC)(C(=O)N=C(N)N)C(C)=C(CF)C(C)(C)[B]C. The van der Waals surface area contributed by atoms with E-state index >= 15 is 0 Å². The van der Waals surface area contributed by atoms with Gasteiger partial charge in [0.15, 0.2) is 5.96 Å². The van der Waals surface area contributed by atoms with Crippen molar-refractivity contribution in [2.24, 2.45) is 21.9 Å². The number of nitrogens with zero attached hydrogens (tertiary/aromatic N) is 1. The molecule has 4 N–H and O–H groups in total. The van der Waals surface area contributed by atoms with E-state index in [1.54, 1.807) is 13.8 Å². The Balaban J connectivity index is 6.19. The van der Waals surface area contributed by atoms with Gasteiger partial charge in [0.1, 0.15) is 14.0 Å². The molecule has 0 spiro atoms. The van der Waals surface area contributed by atoms with Crippen molar-refractivity contribution in [3.8, 4) is 0 Å². The van der Waals surface area contributed by atoms with E-state index in [-0.39, 0.29) is 12.9 Å². The summed E-state index contributed by atoms with van der Waals surface area (Å²) >= 11 is 0. The molecule has 113 valence electrons. The van der Waals surface area contributed by atoms with Crippen LogP contribution in [0.1, 0.15) is 42.4 Å². The molecule has 0 saturated heterocycles. The van der Waals surface area contributed by atoms with E-state index in [4.69, 9.17) is 12.8 Å². The van der Waals surface area contributed by atoms with Crippen molar-refractivity contribution in [1.82, 2.24) is 0 Å². The van der Waals surface area contributed by atoms with Crippen LogP contribution >= 0.6 is 0 Å². The minimum absolute atomic E-state index is 0.228. The summed E-state index contributed by atoms with van der Waals surface area (Å²) in [6.07, 6.45) is 0.335. The first-order valence-corrected chi connectivity index (χ1v) is 6.63. The van der Waals surface area contributed by atoms with Crippen molar-refractivity contribution < 1.29 is 10.6 Å². The maximum atomic E-state index is 13.6. The standard InChI is InChI=1S/C14H26BFN3O/c1-7-14(5,11(20)19-12(17)18)9(2)10(8-16)13(3,4)15-6/h7-8H2,1-6H3,(H4,17,18,19,20)/i5D. The molecule has 0 saturated carbocycles. The number of halogens is 1. The number of aliphatic imine (C=N–C) groups is 1. The highest BCUT2D eigenvalue weighted by Gasteiger charge is 2.37. The van der Waals surface area contributed by atoms with Crippen LogP contribution in [0.3, 0.4) is 0 Å². The average molecular weight is 283 g/mol. The van der Waals surface area contributed by atoms with Crippen LogP contribution in [0.5, 0.6) is 0 Å². The molecule has 0 aliphatic carbocycles. The molecule has 1 unspecified atom stereocenters. The van der Waals surface area contributed by atoms with Crippen LogP contribution in [0.25, 0.3) is 0 Å². The molecule has 0 bridgehead atoms. The molecule has 1 amide bonds. The van der Waals surface area contributed by atoms with Crippen molar-refractivity contribution in [1.29, 1.82) is 0 Å². The van der Waals surface area contributed by atoms with Crippen LogP contribution in [0.2, 0.25) is 12.1 Å². The van der Waals surface area contributed by atoms with E-state index in [1.165, 1.54) is 0 Å². The van der Waals surface area contributed by atoms with E-state index in [0.717, 1.165) is 0 Å². The molecule has 1 radical (unpaired) electrons. The smallest absolute Gasteiger partial charge is 0.258 e. The number of nitrogens with two attached hydrogens (primary N) is 2. The Morgan fingerprint density at radius 3 is 2.30 bits per heavy atom. The zero-order valence-corrected chi connectivity index (χ0v) is 13.1. The Morgan fingerprint density at radius 1 is 1.45 bits per heavy atom. The van der Waals surface area contributed by atoms with E-state index in [9.17, 15) is 9.18 Å².